The second kappa shape index (κ2) is 3.37. The third-order valence-corrected chi connectivity index (χ3v) is 3.40. The van der Waals surface area contributed by atoms with Crippen LogP contribution in [0.15, 0.2) is 23.4 Å². The van der Waals surface area contributed by atoms with Crippen LogP contribution >= 0.6 is 0 Å². The predicted molar refractivity (Wildman–Crippen MR) is 64.3 cm³/mol. The first kappa shape index (κ1) is 9.46. The highest BCUT2D eigenvalue weighted by Crippen LogP contribution is 2.30. The number of aryl methyl sites for hydroxylation is 2. The lowest BCUT2D eigenvalue weighted by atomic mass is 9.94. The van der Waals surface area contributed by atoms with Crippen molar-refractivity contribution in [2.45, 2.75) is 26.2 Å². The fraction of sp³-hybridized carbons (Fsp3) is 0.308. The topological polar surface area (TPSA) is 48.4 Å². The summed E-state index contributed by atoms with van der Waals surface area (Å²) in [6.45, 7) is 2.10. The molecular formula is C13H14N2O. The summed E-state index contributed by atoms with van der Waals surface area (Å²) in [5, 5.41) is 13.7. The highest BCUT2D eigenvalue weighted by molar-refractivity contribution is 6.06. The molecule has 3 nitrogen and oxygen atoms in total. The van der Waals surface area contributed by atoms with Crippen LogP contribution in [0.2, 0.25) is 0 Å². The number of nitrogens with one attached hydrogen (secondary N) is 1. The standard InChI is InChI=1S/C13H14N2O/c1-8-4-2-5-9-10-6-3-7-11(15-16)13(10)14-12(8)9/h2,4-5,14,16H,3,6-7H2,1H3. The van der Waals surface area contributed by atoms with Crippen LogP contribution in [0.1, 0.15) is 29.7 Å². The Hall–Kier alpha value is -1.77. The molecule has 0 saturated carbocycles. The first-order valence-corrected chi connectivity index (χ1v) is 5.62. The average Bonchev–Trinajstić information content (AvgIpc) is 2.69. The van der Waals surface area contributed by atoms with Gasteiger partial charge in [0, 0.05) is 10.9 Å². The molecule has 0 fully saturated rings. The zero-order chi connectivity index (χ0) is 11.1. The number of aromatic amines is 1. The van der Waals surface area contributed by atoms with Crippen LogP contribution in [0.5, 0.6) is 0 Å². The summed E-state index contributed by atoms with van der Waals surface area (Å²) < 4.78 is 0. The van der Waals surface area contributed by atoms with Gasteiger partial charge in [0.05, 0.1) is 5.69 Å². The Morgan fingerprint density at radius 3 is 3.00 bits per heavy atom. The van der Waals surface area contributed by atoms with Crippen molar-refractivity contribution in [1.82, 2.24) is 4.98 Å². The van der Waals surface area contributed by atoms with E-state index in [1.54, 1.807) is 0 Å². The first-order valence-electron chi connectivity index (χ1n) is 5.62. The molecule has 2 N–H and O–H groups in total. The Kier molecular flexibility index (Phi) is 1.99. The number of H-pyrrole nitrogens is 1. The Labute approximate surface area is 93.8 Å². The maximum Gasteiger partial charge on any atom is 0.103 e. The molecular weight excluding hydrogens is 200 g/mol. The summed E-state index contributed by atoms with van der Waals surface area (Å²) in [4.78, 5) is 3.39. The molecule has 2 aromatic rings. The van der Waals surface area contributed by atoms with Gasteiger partial charge >= 0.3 is 0 Å². The molecule has 3 rings (SSSR count). The van der Waals surface area contributed by atoms with Gasteiger partial charge in [-0.15, -0.1) is 0 Å². The number of oxime groups is 1. The summed E-state index contributed by atoms with van der Waals surface area (Å²) in [5.41, 5.74) is 5.53. The third kappa shape index (κ3) is 1.18. The highest BCUT2D eigenvalue weighted by Gasteiger charge is 2.21. The van der Waals surface area contributed by atoms with Crippen LogP contribution < -0.4 is 0 Å². The van der Waals surface area contributed by atoms with Gasteiger partial charge in [0.1, 0.15) is 5.71 Å². The van der Waals surface area contributed by atoms with Crippen molar-refractivity contribution in [2.24, 2.45) is 5.16 Å². The quantitative estimate of drug-likeness (QED) is 0.514. The van der Waals surface area contributed by atoms with Crippen molar-refractivity contribution in [3.8, 4) is 0 Å². The van der Waals surface area contributed by atoms with Crippen LogP contribution in [0.25, 0.3) is 10.9 Å². The maximum absolute atomic E-state index is 9.00. The molecule has 0 bridgehead atoms. The Morgan fingerprint density at radius 1 is 1.31 bits per heavy atom. The van der Waals surface area contributed by atoms with E-state index in [9.17, 15) is 0 Å². The molecule has 1 aromatic carbocycles. The molecule has 1 aromatic heterocycles. The van der Waals surface area contributed by atoms with Crippen molar-refractivity contribution < 1.29 is 5.21 Å². The van der Waals surface area contributed by atoms with E-state index in [1.807, 2.05) is 0 Å². The van der Waals surface area contributed by atoms with Crippen molar-refractivity contribution in [3.63, 3.8) is 0 Å². The zero-order valence-corrected chi connectivity index (χ0v) is 9.25. The van der Waals surface area contributed by atoms with E-state index in [2.05, 4.69) is 35.3 Å². The van der Waals surface area contributed by atoms with Gasteiger partial charge < -0.3 is 10.2 Å². The van der Waals surface area contributed by atoms with E-state index in [4.69, 9.17) is 5.21 Å². The lowest BCUT2D eigenvalue weighted by Crippen LogP contribution is -2.10. The molecule has 1 heterocycles. The maximum atomic E-state index is 9.00. The van der Waals surface area contributed by atoms with Crippen molar-refractivity contribution in [3.05, 3.63) is 35.0 Å². The summed E-state index contributed by atoms with van der Waals surface area (Å²) in [6.07, 6.45) is 2.99. The van der Waals surface area contributed by atoms with Gasteiger partial charge in [-0.25, -0.2) is 0 Å². The Morgan fingerprint density at radius 2 is 2.19 bits per heavy atom. The number of hydrogen-bond donors (Lipinski definition) is 2. The SMILES string of the molecule is Cc1cccc2c3c([nH]c12)C(=NO)CCC3. The van der Waals surface area contributed by atoms with Gasteiger partial charge in [0.15, 0.2) is 0 Å². The minimum Gasteiger partial charge on any atom is -0.411 e. The number of rotatable bonds is 0. The second-order valence-electron chi connectivity index (χ2n) is 4.38. The van der Waals surface area contributed by atoms with Gasteiger partial charge in [-0.3, -0.25) is 0 Å². The molecule has 0 atom stereocenters. The minimum atomic E-state index is 0.789. The van der Waals surface area contributed by atoms with Crippen LogP contribution in [0.3, 0.4) is 0 Å². The number of fused-ring (bicyclic) bond motifs is 3. The number of hydrogen-bond acceptors (Lipinski definition) is 2. The molecule has 0 aliphatic heterocycles. The molecule has 16 heavy (non-hydrogen) atoms. The molecule has 3 heteroatoms. The van der Waals surface area contributed by atoms with Crippen LogP contribution in [-0.4, -0.2) is 15.9 Å². The van der Waals surface area contributed by atoms with E-state index < -0.39 is 0 Å². The molecule has 1 aliphatic carbocycles. The summed E-state index contributed by atoms with van der Waals surface area (Å²) in [5.74, 6) is 0. The van der Waals surface area contributed by atoms with Gasteiger partial charge in [0.25, 0.3) is 0 Å². The zero-order valence-electron chi connectivity index (χ0n) is 9.25. The molecule has 1 aliphatic rings. The molecule has 0 radical (unpaired) electrons. The molecule has 0 unspecified atom stereocenters. The minimum absolute atomic E-state index is 0.789. The smallest absolute Gasteiger partial charge is 0.103 e. The number of para-hydroxylation sites is 1. The highest BCUT2D eigenvalue weighted by atomic mass is 16.4. The lowest BCUT2D eigenvalue weighted by molar-refractivity contribution is 0.317. The molecule has 82 valence electrons. The van der Waals surface area contributed by atoms with Crippen molar-refractivity contribution >= 4 is 16.6 Å². The third-order valence-electron chi connectivity index (χ3n) is 3.40. The normalized spacial score (nSPS) is 17.9. The van der Waals surface area contributed by atoms with E-state index in [0.717, 1.165) is 30.7 Å². The summed E-state index contributed by atoms with van der Waals surface area (Å²) in [6, 6.07) is 6.31. The second-order valence-corrected chi connectivity index (χ2v) is 4.38. The van der Waals surface area contributed by atoms with Gasteiger partial charge in [0.2, 0.25) is 0 Å². The first-order chi connectivity index (χ1) is 7.81. The Bertz CT molecular complexity index is 581. The summed E-state index contributed by atoms with van der Waals surface area (Å²) in [7, 11) is 0. The van der Waals surface area contributed by atoms with Crippen LogP contribution in [0.4, 0.5) is 0 Å². The number of aromatic nitrogens is 1. The van der Waals surface area contributed by atoms with Crippen molar-refractivity contribution in [1.29, 1.82) is 0 Å². The molecule has 0 saturated heterocycles. The van der Waals surface area contributed by atoms with E-state index >= 15 is 0 Å². The molecule has 0 amide bonds. The average molecular weight is 214 g/mol. The fourth-order valence-corrected chi connectivity index (χ4v) is 2.58. The fourth-order valence-electron chi connectivity index (χ4n) is 2.58. The number of benzene rings is 1. The largest absolute Gasteiger partial charge is 0.411 e. The Balaban J connectivity index is 2.37. The van der Waals surface area contributed by atoms with Crippen molar-refractivity contribution in [2.75, 3.05) is 0 Å². The van der Waals surface area contributed by atoms with Crippen LogP contribution in [0, 0.1) is 6.92 Å². The van der Waals surface area contributed by atoms with E-state index in [0.29, 0.717) is 0 Å². The van der Waals surface area contributed by atoms with Crippen LogP contribution in [-0.2, 0) is 6.42 Å². The predicted octanol–water partition coefficient (Wildman–Crippen LogP) is 2.99. The van der Waals surface area contributed by atoms with E-state index in [1.165, 1.54) is 22.0 Å². The van der Waals surface area contributed by atoms with Gasteiger partial charge in [-0.2, -0.15) is 0 Å². The number of nitrogens with zero attached hydrogens (tertiary/aromatic N) is 1. The van der Waals surface area contributed by atoms with Gasteiger partial charge in [-0.1, -0.05) is 23.4 Å². The molecule has 0 spiro atoms. The monoisotopic (exact) mass is 214 g/mol. The summed E-state index contributed by atoms with van der Waals surface area (Å²) >= 11 is 0. The van der Waals surface area contributed by atoms with E-state index in [-0.39, 0.29) is 0 Å². The lowest BCUT2D eigenvalue weighted by Gasteiger charge is -2.12. The van der Waals surface area contributed by atoms with Gasteiger partial charge in [-0.05, 0) is 37.3 Å².